The van der Waals surface area contributed by atoms with Crippen LogP contribution in [0.3, 0.4) is 0 Å². The molecule has 2 N–H and O–H groups in total. The van der Waals surface area contributed by atoms with E-state index in [2.05, 4.69) is 9.71 Å². The number of carboxylic acid groups (broad SMARTS) is 1. The van der Waals surface area contributed by atoms with Crippen molar-refractivity contribution in [1.82, 2.24) is 9.71 Å². The summed E-state index contributed by atoms with van der Waals surface area (Å²) in [6.45, 7) is 4.14. The van der Waals surface area contributed by atoms with Crippen LogP contribution in [0.5, 0.6) is 0 Å². The molecule has 0 spiro atoms. The van der Waals surface area contributed by atoms with E-state index in [1.54, 1.807) is 11.3 Å². The number of aryl methyl sites for hydroxylation is 2. The molecular weight excluding hydrogens is 324 g/mol. The van der Waals surface area contributed by atoms with E-state index >= 15 is 0 Å². The Morgan fingerprint density at radius 3 is 2.41 bits per heavy atom. The minimum Gasteiger partial charge on any atom is -0.478 e. The average Bonchev–Trinajstić information content (AvgIpc) is 2.77. The van der Waals surface area contributed by atoms with Gasteiger partial charge >= 0.3 is 5.97 Å². The van der Waals surface area contributed by atoms with Gasteiger partial charge in [0.1, 0.15) is 0 Å². The number of carboxylic acids is 1. The summed E-state index contributed by atoms with van der Waals surface area (Å²) in [6, 6.07) is 5.10. The third-order valence-corrected chi connectivity index (χ3v) is 5.72. The van der Waals surface area contributed by atoms with Gasteiger partial charge in [-0.05, 0) is 38.1 Å². The van der Waals surface area contributed by atoms with Crippen molar-refractivity contribution in [3.63, 3.8) is 0 Å². The first-order chi connectivity index (χ1) is 10.3. The molecule has 1 aromatic heterocycles. The zero-order valence-corrected chi connectivity index (χ0v) is 13.8. The largest absolute Gasteiger partial charge is 0.478 e. The summed E-state index contributed by atoms with van der Waals surface area (Å²) in [7, 11) is -3.64. The van der Waals surface area contributed by atoms with E-state index in [0.29, 0.717) is 6.42 Å². The van der Waals surface area contributed by atoms with Gasteiger partial charge in [-0.1, -0.05) is 0 Å². The molecule has 0 aliphatic carbocycles. The van der Waals surface area contributed by atoms with Crippen LogP contribution < -0.4 is 4.72 Å². The van der Waals surface area contributed by atoms with Crippen LogP contribution in [0.15, 0.2) is 29.2 Å². The van der Waals surface area contributed by atoms with E-state index < -0.39 is 16.0 Å². The summed E-state index contributed by atoms with van der Waals surface area (Å²) in [5.41, 5.74) is 1.01. The van der Waals surface area contributed by atoms with E-state index in [0.717, 1.165) is 15.6 Å². The molecule has 6 nitrogen and oxygen atoms in total. The second-order valence-corrected chi connectivity index (χ2v) is 7.78. The highest BCUT2D eigenvalue weighted by molar-refractivity contribution is 7.89. The molecule has 0 aliphatic heterocycles. The number of sulfonamides is 1. The van der Waals surface area contributed by atoms with Crippen molar-refractivity contribution in [2.75, 3.05) is 6.54 Å². The molecule has 2 rings (SSSR count). The SMILES string of the molecule is Cc1nc(CCNS(=O)(=O)c2ccc(C(=O)O)cc2)sc1C. The lowest BCUT2D eigenvalue weighted by atomic mass is 10.2. The number of aromatic carboxylic acids is 1. The maximum atomic E-state index is 12.1. The van der Waals surface area contributed by atoms with Crippen molar-refractivity contribution in [3.05, 3.63) is 45.4 Å². The van der Waals surface area contributed by atoms with Crippen molar-refractivity contribution in [3.8, 4) is 0 Å². The molecule has 8 heteroatoms. The fourth-order valence-corrected chi connectivity index (χ4v) is 3.76. The third-order valence-electron chi connectivity index (χ3n) is 3.12. The van der Waals surface area contributed by atoms with Crippen molar-refractivity contribution in [1.29, 1.82) is 0 Å². The molecule has 0 bridgehead atoms. The maximum Gasteiger partial charge on any atom is 0.335 e. The summed E-state index contributed by atoms with van der Waals surface area (Å²) in [5, 5.41) is 9.69. The predicted molar refractivity (Wildman–Crippen MR) is 83.9 cm³/mol. The fourth-order valence-electron chi connectivity index (χ4n) is 1.80. The van der Waals surface area contributed by atoms with Gasteiger partial charge in [-0.2, -0.15) is 0 Å². The number of aromatic nitrogens is 1. The highest BCUT2D eigenvalue weighted by Crippen LogP contribution is 2.17. The highest BCUT2D eigenvalue weighted by Gasteiger charge is 2.14. The van der Waals surface area contributed by atoms with E-state index in [1.165, 1.54) is 24.3 Å². The summed E-state index contributed by atoms with van der Waals surface area (Å²) in [4.78, 5) is 16.3. The van der Waals surface area contributed by atoms with E-state index in [4.69, 9.17) is 5.11 Å². The number of nitrogens with one attached hydrogen (secondary N) is 1. The molecule has 0 saturated heterocycles. The molecule has 0 radical (unpaired) electrons. The summed E-state index contributed by atoms with van der Waals surface area (Å²) in [6.07, 6.45) is 0.520. The molecule has 1 heterocycles. The molecule has 0 unspecified atom stereocenters. The van der Waals surface area contributed by atoms with Gasteiger partial charge in [-0.15, -0.1) is 11.3 Å². The Kier molecular flexibility index (Phi) is 4.94. The van der Waals surface area contributed by atoms with Crippen molar-refractivity contribution >= 4 is 27.3 Å². The highest BCUT2D eigenvalue weighted by atomic mass is 32.2. The molecular formula is C14H16N2O4S2. The third kappa shape index (κ3) is 3.90. The van der Waals surface area contributed by atoms with Gasteiger partial charge in [0.05, 0.1) is 21.2 Å². The monoisotopic (exact) mass is 340 g/mol. The molecule has 22 heavy (non-hydrogen) atoms. The quantitative estimate of drug-likeness (QED) is 0.838. The van der Waals surface area contributed by atoms with Gasteiger partial charge in [0, 0.05) is 17.8 Å². The Morgan fingerprint density at radius 2 is 1.91 bits per heavy atom. The van der Waals surface area contributed by atoms with Crippen LogP contribution in [-0.4, -0.2) is 31.0 Å². The molecule has 0 saturated carbocycles. The van der Waals surface area contributed by atoms with Gasteiger partial charge in [-0.25, -0.2) is 22.9 Å². The lowest BCUT2D eigenvalue weighted by molar-refractivity contribution is 0.0696. The van der Waals surface area contributed by atoms with Crippen LogP contribution in [-0.2, 0) is 16.4 Å². The Morgan fingerprint density at radius 1 is 1.27 bits per heavy atom. The second-order valence-electron chi connectivity index (χ2n) is 4.73. The van der Waals surface area contributed by atoms with Crippen molar-refractivity contribution < 1.29 is 18.3 Å². The van der Waals surface area contributed by atoms with Crippen LogP contribution in [0.25, 0.3) is 0 Å². The minimum atomic E-state index is -3.64. The van der Waals surface area contributed by atoms with Gasteiger partial charge in [0.25, 0.3) is 0 Å². The first-order valence-electron chi connectivity index (χ1n) is 6.55. The number of hydrogen-bond donors (Lipinski definition) is 2. The first kappa shape index (κ1) is 16.6. The second kappa shape index (κ2) is 6.55. The molecule has 118 valence electrons. The van der Waals surface area contributed by atoms with E-state index in [9.17, 15) is 13.2 Å². The van der Waals surface area contributed by atoms with Gasteiger partial charge in [0.15, 0.2) is 0 Å². The average molecular weight is 340 g/mol. The molecule has 1 aromatic carbocycles. The van der Waals surface area contributed by atoms with Crippen molar-refractivity contribution in [2.24, 2.45) is 0 Å². The Balaban J connectivity index is 2.00. The zero-order valence-electron chi connectivity index (χ0n) is 12.2. The number of rotatable bonds is 6. The molecule has 2 aromatic rings. The molecule has 0 aliphatic rings. The lowest BCUT2D eigenvalue weighted by Crippen LogP contribution is -2.26. The van der Waals surface area contributed by atoms with Crippen LogP contribution in [0, 0.1) is 13.8 Å². The normalized spacial score (nSPS) is 11.5. The smallest absolute Gasteiger partial charge is 0.335 e. The minimum absolute atomic E-state index is 0.0454. The van der Waals surface area contributed by atoms with Gasteiger partial charge in [-0.3, -0.25) is 0 Å². The van der Waals surface area contributed by atoms with Crippen LogP contribution in [0.1, 0.15) is 25.9 Å². The van der Waals surface area contributed by atoms with Crippen molar-refractivity contribution in [2.45, 2.75) is 25.2 Å². The first-order valence-corrected chi connectivity index (χ1v) is 8.85. The Hall–Kier alpha value is -1.77. The predicted octanol–water partition coefficient (Wildman–Crippen LogP) is 1.98. The molecule has 0 atom stereocenters. The molecule has 0 fully saturated rings. The van der Waals surface area contributed by atoms with Crippen LogP contribution >= 0.6 is 11.3 Å². The summed E-state index contributed by atoms with van der Waals surface area (Å²) >= 11 is 1.55. The fraction of sp³-hybridized carbons (Fsp3) is 0.286. The van der Waals surface area contributed by atoms with Gasteiger partial charge in [0.2, 0.25) is 10.0 Å². The Labute approximate surface area is 132 Å². The zero-order chi connectivity index (χ0) is 16.3. The van der Waals surface area contributed by atoms with E-state index in [1.807, 2.05) is 13.8 Å². The standard InChI is InChI=1S/C14H16N2O4S2/c1-9-10(2)21-13(16-9)7-8-15-22(19,20)12-5-3-11(4-6-12)14(17)18/h3-6,15H,7-8H2,1-2H3,(H,17,18). The summed E-state index contributed by atoms with van der Waals surface area (Å²) < 4.78 is 26.7. The number of hydrogen-bond acceptors (Lipinski definition) is 5. The maximum absolute atomic E-state index is 12.1. The Bertz CT molecular complexity index is 760. The number of thiazole rings is 1. The lowest BCUT2D eigenvalue weighted by Gasteiger charge is -2.06. The topological polar surface area (TPSA) is 96.4 Å². The van der Waals surface area contributed by atoms with E-state index in [-0.39, 0.29) is 17.0 Å². The van der Waals surface area contributed by atoms with Gasteiger partial charge < -0.3 is 5.11 Å². The summed E-state index contributed by atoms with van der Waals surface area (Å²) in [5.74, 6) is -1.09. The molecule has 0 amide bonds. The van der Waals surface area contributed by atoms with Crippen LogP contribution in [0.2, 0.25) is 0 Å². The van der Waals surface area contributed by atoms with Crippen LogP contribution in [0.4, 0.5) is 0 Å². The number of carbonyl (C=O) groups is 1. The number of nitrogens with zero attached hydrogens (tertiary/aromatic N) is 1. The number of benzene rings is 1.